The summed E-state index contributed by atoms with van der Waals surface area (Å²) in [4.78, 5) is 56.3. The first-order valence-electron chi connectivity index (χ1n) is 19.0. The van der Waals surface area contributed by atoms with E-state index in [0.29, 0.717) is 32.2 Å². The number of ether oxygens (including phenoxy) is 2. The fourth-order valence-corrected chi connectivity index (χ4v) is 7.05. The monoisotopic (exact) mass is 716 g/mol. The highest BCUT2D eigenvalue weighted by atomic mass is 16.6. The molecule has 0 bridgehead atoms. The second-order valence-corrected chi connectivity index (χ2v) is 14.0. The molecule has 1 fully saturated rings. The molecule has 1 aliphatic carbocycles. The Labute approximate surface area is 313 Å². The number of hydrogen-bond donors (Lipinski definition) is 2. The summed E-state index contributed by atoms with van der Waals surface area (Å²) in [5.74, 6) is -4.84. The van der Waals surface area contributed by atoms with Crippen molar-refractivity contribution in [1.82, 2.24) is 10.6 Å². The molecule has 0 aromatic heterocycles. The summed E-state index contributed by atoms with van der Waals surface area (Å²) in [7, 11) is 0. The maximum Gasteiger partial charge on any atom is 0.321 e. The number of esters is 2. The van der Waals surface area contributed by atoms with E-state index in [2.05, 4.69) is 10.6 Å². The smallest absolute Gasteiger partial charge is 0.321 e. The number of carbonyl (C=O) groups is 4. The predicted octanol–water partition coefficient (Wildman–Crippen LogP) is 7.54. The topological polar surface area (TPSA) is 111 Å². The standard InChI is InChI=1S/C45H52N2O6/c48-42(47-40(31-36-21-10-3-11-22-36)43(49)46-30-29-35-19-8-2-9-20-35)39(28-16-27-34-17-6-1-7-18-34)41(44(50)52-32-37-23-12-4-13-24-37)45(51)53-33-38-25-14-5-15-26-38/h1-2,4-9,12-15,17-20,23-26,36,39-41H,3,10-11,16,21-22,27-33H2,(H,46,49)(H,47,48)/t39?,40-/m0/s1. The average molecular weight is 717 g/mol. The molecule has 4 aromatic rings. The number of carbonyl (C=O) groups excluding carboxylic acids is 4. The lowest BCUT2D eigenvalue weighted by Gasteiger charge is -2.29. The van der Waals surface area contributed by atoms with Gasteiger partial charge in [0.25, 0.3) is 0 Å². The van der Waals surface area contributed by atoms with Crippen LogP contribution in [0, 0.1) is 17.8 Å². The maximum absolute atomic E-state index is 14.5. The van der Waals surface area contributed by atoms with Gasteiger partial charge in [0.05, 0.1) is 5.92 Å². The Morgan fingerprint density at radius 2 is 1.06 bits per heavy atom. The van der Waals surface area contributed by atoms with Crippen LogP contribution in [-0.2, 0) is 54.7 Å². The first-order valence-corrected chi connectivity index (χ1v) is 19.0. The van der Waals surface area contributed by atoms with Crippen molar-refractivity contribution in [2.45, 2.75) is 83.5 Å². The molecule has 4 aromatic carbocycles. The lowest BCUT2D eigenvalue weighted by molar-refractivity contribution is -0.169. The van der Waals surface area contributed by atoms with Crippen LogP contribution in [0.2, 0.25) is 0 Å². The zero-order chi connectivity index (χ0) is 37.1. The van der Waals surface area contributed by atoms with Crippen LogP contribution in [-0.4, -0.2) is 36.3 Å². The Kier molecular flexibility index (Phi) is 15.7. The quantitative estimate of drug-likeness (QED) is 0.0767. The fraction of sp³-hybridized carbons (Fsp3) is 0.378. The van der Waals surface area contributed by atoms with Gasteiger partial charge in [-0.15, -0.1) is 0 Å². The van der Waals surface area contributed by atoms with Gasteiger partial charge in [-0.25, -0.2) is 0 Å². The summed E-state index contributed by atoms with van der Waals surface area (Å²) in [5, 5.41) is 6.08. The molecular weight excluding hydrogens is 665 g/mol. The van der Waals surface area contributed by atoms with Crippen LogP contribution in [0.4, 0.5) is 0 Å². The van der Waals surface area contributed by atoms with Crippen molar-refractivity contribution in [2.24, 2.45) is 17.8 Å². The van der Waals surface area contributed by atoms with Crippen LogP contribution in [0.25, 0.3) is 0 Å². The minimum absolute atomic E-state index is 0.0609. The van der Waals surface area contributed by atoms with Crippen molar-refractivity contribution in [2.75, 3.05) is 6.54 Å². The Morgan fingerprint density at radius 3 is 1.57 bits per heavy atom. The van der Waals surface area contributed by atoms with Gasteiger partial charge in [-0.2, -0.15) is 0 Å². The Morgan fingerprint density at radius 1 is 0.585 bits per heavy atom. The zero-order valence-corrected chi connectivity index (χ0v) is 30.5. The summed E-state index contributed by atoms with van der Waals surface area (Å²) in [6.07, 6.45) is 7.83. The normalized spacial score (nSPS) is 14.1. The summed E-state index contributed by atoms with van der Waals surface area (Å²) < 4.78 is 11.5. The molecule has 0 radical (unpaired) electrons. The van der Waals surface area contributed by atoms with Gasteiger partial charge in [-0.1, -0.05) is 153 Å². The van der Waals surface area contributed by atoms with E-state index >= 15 is 0 Å². The highest BCUT2D eigenvalue weighted by molar-refractivity contribution is 6.00. The molecule has 53 heavy (non-hydrogen) atoms. The SMILES string of the molecule is O=C(N[C@@H](CC1CCCCC1)C(=O)NCCc1ccccc1)C(CCCc1ccccc1)C(C(=O)OCc1ccccc1)C(=O)OCc1ccccc1. The Bertz CT molecular complexity index is 1640. The number of nitrogens with one attached hydrogen (secondary N) is 2. The van der Waals surface area contributed by atoms with E-state index in [1.165, 1.54) is 0 Å². The van der Waals surface area contributed by atoms with E-state index in [1.807, 2.05) is 121 Å². The van der Waals surface area contributed by atoms with Crippen LogP contribution in [0.1, 0.15) is 73.6 Å². The second kappa shape index (κ2) is 21.3. The minimum Gasteiger partial charge on any atom is -0.460 e. The van der Waals surface area contributed by atoms with Gasteiger partial charge in [0.2, 0.25) is 11.8 Å². The van der Waals surface area contributed by atoms with Gasteiger partial charge in [-0.3, -0.25) is 19.2 Å². The third-order valence-electron chi connectivity index (χ3n) is 10.0. The molecule has 8 heteroatoms. The van der Waals surface area contributed by atoms with E-state index in [1.54, 1.807) is 0 Å². The highest BCUT2D eigenvalue weighted by Gasteiger charge is 2.42. The zero-order valence-electron chi connectivity index (χ0n) is 30.5. The molecule has 8 nitrogen and oxygen atoms in total. The largest absolute Gasteiger partial charge is 0.460 e. The van der Waals surface area contributed by atoms with Crippen molar-refractivity contribution < 1.29 is 28.7 Å². The molecule has 278 valence electrons. The third kappa shape index (κ3) is 13.0. The molecule has 0 spiro atoms. The van der Waals surface area contributed by atoms with Gasteiger partial charge in [0.1, 0.15) is 19.3 Å². The van der Waals surface area contributed by atoms with Crippen LogP contribution in [0.3, 0.4) is 0 Å². The first-order chi connectivity index (χ1) is 26.0. The van der Waals surface area contributed by atoms with Crippen molar-refractivity contribution in [1.29, 1.82) is 0 Å². The van der Waals surface area contributed by atoms with Crippen LogP contribution < -0.4 is 10.6 Å². The van der Waals surface area contributed by atoms with Crippen LogP contribution in [0.5, 0.6) is 0 Å². The summed E-state index contributed by atoms with van der Waals surface area (Å²) in [6, 6.07) is 37.4. The molecular formula is C45H52N2O6. The number of rotatable bonds is 19. The molecule has 1 aliphatic rings. The lowest BCUT2D eigenvalue weighted by Crippen LogP contribution is -2.52. The first kappa shape index (κ1) is 39.0. The summed E-state index contributed by atoms with van der Waals surface area (Å²) in [6.45, 7) is 0.296. The van der Waals surface area contributed by atoms with E-state index in [-0.39, 0.29) is 31.5 Å². The van der Waals surface area contributed by atoms with E-state index in [9.17, 15) is 19.2 Å². The molecule has 5 rings (SSSR count). The van der Waals surface area contributed by atoms with Crippen molar-refractivity contribution in [3.8, 4) is 0 Å². The molecule has 1 unspecified atom stereocenters. The fourth-order valence-electron chi connectivity index (χ4n) is 7.05. The highest BCUT2D eigenvalue weighted by Crippen LogP contribution is 2.29. The number of aryl methyl sites for hydroxylation is 1. The molecule has 0 saturated heterocycles. The number of amides is 2. The van der Waals surface area contributed by atoms with E-state index in [0.717, 1.165) is 54.4 Å². The molecule has 1 saturated carbocycles. The Balaban J connectivity index is 1.38. The van der Waals surface area contributed by atoms with Crippen LogP contribution in [0.15, 0.2) is 121 Å². The van der Waals surface area contributed by atoms with Crippen LogP contribution >= 0.6 is 0 Å². The molecule has 2 atom stereocenters. The molecule has 0 heterocycles. The lowest BCUT2D eigenvalue weighted by atomic mass is 9.83. The van der Waals surface area contributed by atoms with Gasteiger partial charge < -0.3 is 20.1 Å². The average Bonchev–Trinajstić information content (AvgIpc) is 3.20. The van der Waals surface area contributed by atoms with Crippen molar-refractivity contribution in [3.05, 3.63) is 144 Å². The summed E-state index contributed by atoms with van der Waals surface area (Å²) in [5.41, 5.74) is 3.68. The second-order valence-electron chi connectivity index (χ2n) is 14.0. The predicted molar refractivity (Wildman–Crippen MR) is 205 cm³/mol. The van der Waals surface area contributed by atoms with Gasteiger partial charge in [0.15, 0.2) is 5.92 Å². The number of hydrogen-bond acceptors (Lipinski definition) is 6. The van der Waals surface area contributed by atoms with E-state index in [4.69, 9.17) is 9.47 Å². The number of benzene rings is 4. The van der Waals surface area contributed by atoms with Crippen molar-refractivity contribution in [3.63, 3.8) is 0 Å². The Hall–Kier alpha value is -5.24. The van der Waals surface area contributed by atoms with E-state index < -0.39 is 35.7 Å². The molecule has 2 N–H and O–H groups in total. The third-order valence-corrected chi connectivity index (χ3v) is 10.0. The maximum atomic E-state index is 14.5. The molecule has 0 aliphatic heterocycles. The van der Waals surface area contributed by atoms with Gasteiger partial charge in [0, 0.05) is 6.54 Å². The summed E-state index contributed by atoms with van der Waals surface area (Å²) >= 11 is 0. The van der Waals surface area contributed by atoms with Gasteiger partial charge >= 0.3 is 11.9 Å². The van der Waals surface area contributed by atoms with Crippen molar-refractivity contribution >= 4 is 23.8 Å². The van der Waals surface area contributed by atoms with Gasteiger partial charge in [-0.05, 0) is 60.3 Å². The minimum atomic E-state index is -1.53. The molecule has 2 amide bonds.